The second-order valence-corrected chi connectivity index (χ2v) is 13.2. The van der Waals surface area contributed by atoms with E-state index in [9.17, 15) is 9.59 Å². The number of anilines is 1. The molecule has 2 saturated carbocycles. The minimum absolute atomic E-state index is 0.00939. The fraction of sp³-hybridized carbons (Fsp3) is 0.655. The van der Waals surface area contributed by atoms with Gasteiger partial charge in [0.15, 0.2) is 5.78 Å². The number of allylic oxidation sites excluding steroid dienone is 2. The van der Waals surface area contributed by atoms with Crippen molar-refractivity contribution in [1.29, 1.82) is 0 Å². The Morgan fingerprint density at radius 3 is 2.62 bits per heavy atom. The minimum atomic E-state index is -0.0802. The molecule has 4 aliphatic rings. The highest BCUT2D eigenvalue weighted by molar-refractivity contribution is 6.31. The molecule has 0 bridgehead atoms. The van der Waals surface area contributed by atoms with Crippen molar-refractivity contribution >= 4 is 29.0 Å². The lowest BCUT2D eigenvalue weighted by molar-refractivity contribution is -0.127. The third kappa shape index (κ3) is 3.72. The van der Waals surface area contributed by atoms with Crippen molar-refractivity contribution in [2.45, 2.75) is 78.6 Å². The molecule has 2 N–H and O–H groups in total. The standard InChI is InChI=1S/C29H39ClN2O2/c1-27(2,3)22-7-6-17(30)14-24(22)32-26(34)23-9-8-20-19-16-31-25-15-18(33)10-12-29(25,5)21(19)11-13-28(20,23)4/h6-7,14-15,19-21,23,31H,8-13,16H2,1-5H3,(H,32,34)/t19-,20-,21-,23+,28-,29+/m0/s1. The predicted octanol–water partition coefficient (Wildman–Crippen LogP) is 6.49. The van der Waals surface area contributed by atoms with Gasteiger partial charge < -0.3 is 10.6 Å². The summed E-state index contributed by atoms with van der Waals surface area (Å²) in [6.07, 6.45) is 7.74. The van der Waals surface area contributed by atoms with Gasteiger partial charge in [0.1, 0.15) is 0 Å². The molecule has 3 fully saturated rings. The summed E-state index contributed by atoms with van der Waals surface area (Å²) in [4.78, 5) is 25.8. The minimum Gasteiger partial charge on any atom is -0.387 e. The van der Waals surface area contributed by atoms with Crippen LogP contribution in [0.5, 0.6) is 0 Å². The highest BCUT2D eigenvalue weighted by Crippen LogP contribution is 2.64. The predicted molar refractivity (Wildman–Crippen MR) is 138 cm³/mol. The van der Waals surface area contributed by atoms with E-state index in [1.54, 1.807) is 0 Å². The van der Waals surface area contributed by atoms with Crippen molar-refractivity contribution in [3.63, 3.8) is 0 Å². The van der Waals surface area contributed by atoms with Gasteiger partial charge in [-0.25, -0.2) is 0 Å². The van der Waals surface area contributed by atoms with Gasteiger partial charge in [0.05, 0.1) is 0 Å². The smallest absolute Gasteiger partial charge is 0.228 e. The number of hydrogen-bond acceptors (Lipinski definition) is 3. The molecule has 5 rings (SSSR count). The van der Waals surface area contributed by atoms with Crippen molar-refractivity contribution in [2.24, 2.45) is 34.5 Å². The number of piperidine rings is 1. The first-order valence-electron chi connectivity index (χ1n) is 13.0. The molecule has 34 heavy (non-hydrogen) atoms. The Hall–Kier alpha value is -1.81. The lowest BCUT2D eigenvalue weighted by atomic mass is 9.50. The highest BCUT2D eigenvalue weighted by atomic mass is 35.5. The van der Waals surface area contributed by atoms with Crippen LogP contribution in [0.3, 0.4) is 0 Å². The van der Waals surface area contributed by atoms with Crippen LogP contribution in [-0.2, 0) is 15.0 Å². The van der Waals surface area contributed by atoms with Gasteiger partial charge in [-0.2, -0.15) is 0 Å². The molecule has 6 atom stereocenters. The normalized spacial score (nSPS) is 37.1. The molecule has 1 amide bonds. The summed E-state index contributed by atoms with van der Waals surface area (Å²) in [7, 11) is 0. The lowest BCUT2D eigenvalue weighted by Crippen LogP contribution is -2.57. The first-order chi connectivity index (χ1) is 15.9. The maximum absolute atomic E-state index is 13.7. The molecule has 3 aliphatic carbocycles. The molecule has 1 aromatic rings. The molecule has 1 saturated heterocycles. The molecule has 184 valence electrons. The Balaban J connectivity index is 1.38. The van der Waals surface area contributed by atoms with Gasteiger partial charge in [-0.1, -0.05) is 52.3 Å². The third-order valence-corrected chi connectivity index (χ3v) is 10.2. The van der Waals surface area contributed by atoms with Crippen LogP contribution >= 0.6 is 11.6 Å². The number of nitrogens with one attached hydrogen (secondary N) is 2. The number of ketones is 1. The second kappa shape index (κ2) is 8.11. The largest absolute Gasteiger partial charge is 0.387 e. The summed E-state index contributed by atoms with van der Waals surface area (Å²) in [6.45, 7) is 12.2. The number of amides is 1. The van der Waals surface area contributed by atoms with E-state index in [2.05, 4.69) is 45.3 Å². The number of rotatable bonds is 2. The topological polar surface area (TPSA) is 58.2 Å². The molecule has 1 heterocycles. The number of halogens is 1. The van der Waals surface area contributed by atoms with Crippen LogP contribution in [0.15, 0.2) is 30.0 Å². The quantitative estimate of drug-likeness (QED) is 0.506. The zero-order chi connectivity index (χ0) is 24.5. The monoisotopic (exact) mass is 482 g/mol. The Morgan fingerprint density at radius 1 is 1.12 bits per heavy atom. The Labute approximate surface area is 209 Å². The zero-order valence-corrected chi connectivity index (χ0v) is 22.0. The van der Waals surface area contributed by atoms with Crippen LogP contribution in [0.25, 0.3) is 0 Å². The van der Waals surface area contributed by atoms with Crippen molar-refractivity contribution in [3.05, 3.63) is 40.6 Å². The SMILES string of the molecule is CC(C)(C)c1ccc(Cl)cc1NC(=O)[C@H]1CC[C@H]2[C@@H]3CNC4=CC(=O)CC[C@]4(C)[C@H]3CC[C@]12C. The lowest BCUT2D eigenvalue weighted by Gasteiger charge is -2.58. The fourth-order valence-corrected chi connectivity index (χ4v) is 8.24. The van der Waals surface area contributed by atoms with E-state index in [4.69, 9.17) is 11.6 Å². The molecular weight excluding hydrogens is 444 g/mol. The van der Waals surface area contributed by atoms with Crippen LogP contribution in [0.4, 0.5) is 5.69 Å². The molecule has 4 nitrogen and oxygen atoms in total. The van der Waals surface area contributed by atoms with Crippen LogP contribution in [0, 0.1) is 34.5 Å². The first kappa shape index (κ1) is 23.9. The maximum atomic E-state index is 13.7. The van der Waals surface area contributed by atoms with Gasteiger partial charge in [-0.05, 0) is 78.4 Å². The van der Waals surface area contributed by atoms with E-state index in [1.807, 2.05) is 24.3 Å². The molecule has 0 spiro atoms. The van der Waals surface area contributed by atoms with Crippen LogP contribution in [0.1, 0.15) is 78.7 Å². The van der Waals surface area contributed by atoms with Crippen LogP contribution < -0.4 is 10.6 Å². The second-order valence-electron chi connectivity index (χ2n) is 12.8. The summed E-state index contributed by atoms with van der Waals surface area (Å²) in [5, 5.41) is 7.61. The van der Waals surface area contributed by atoms with Crippen molar-refractivity contribution < 1.29 is 9.59 Å². The van der Waals surface area contributed by atoms with E-state index in [1.165, 1.54) is 0 Å². The van der Waals surface area contributed by atoms with Gasteiger partial charge in [-0.15, -0.1) is 0 Å². The van der Waals surface area contributed by atoms with Crippen molar-refractivity contribution in [2.75, 3.05) is 11.9 Å². The van der Waals surface area contributed by atoms with E-state index in [0.717, 1.165) is 55.6 Å². The highest BCUT2D eigenvalue weighted by Gasteiger charge is 2.60. The average Bonchev–Trinajstić information content (AvgIpc) is 3.11. The zero-order valence-electron chi connectivity index (χ0n) is 21.3. The van der Waals surface area contributed by atoms with Crippen LogP contribution in [-0.4, -0.2) is 18.2 Å². The van der Waals surface area contributed by atoms with E-state index in [-0.39, 0.29) is 33.9 Å². The average molecular weight is 483 g/mol. The fourth-order valence-electron chi connectivity index (χ4n) is 8.07. The number of benzene rings is 1. The Morgan fingerprint density at radius 2 is 1.88 bits per heavy atom. The molecule has 1 aliphatic heterocycles. The number of fused-ring (bicyclic) bond motifs is 5. The van der Waals surface area contributed by atoms with E-state index < -0.39 is 0 Å². The van der Waals surface area contributed by atoms with Gasteiger partial charge in [-0.3, -0.25) is 9.59 Å². The Bertz CT molecular complexity index is 1060. The van der Waals surface area contributed by atoms with Crippen molar-refractivity contribution in [1.82, 2.24) is 5.32 Å². The molecule has 0 unspecified atom stereocenters. The van der Waals surface area contributed by atoms with Crippen molar-refractivity contribution in [3.8, 4) is 0 Å². The summed E-state index contributed by atoms with van der Waals surface area (Å²) in [5.74, 6) is 2.11. The number of carbonyl (C=O) groups is 2. The molecule has 0 radical (unpaired) electrons. The summed E-state index contributed by atoms with van der Waals surface area (Å²) in [5.41, 5.74) is 3.12. The summed E-state index contributed by atoms with van der Waals surface area (Å²) < 4.78 is 0. The molecule has 5 heteroatoms. The third-order valence-electron chi connectivity index (χ3n) is 9.96. The van der Waals surface area contributed by atoms with E-state index in [0.29, 0.717) is 29.2 Å². The van der Waals surface area contributed by atoms with Gasteiger partial charge in [0.2, 0.25) is 5.91 Å². The number of carbonyl (C=O) groups excluding carboxylic acids is 2. The van der Waals surface area contributed by atoms with Gasteiger partial charge >= 0.3 is 0 Å². The molecule has 0 aromatic heterocycles. The molecular formula is C29H39ClN2O2. The summed E-state index contributed by atoms with van der Waals surface area (Å²) >= 11 is 6.32. The first-order valence-corrected chi connectivity index (χ1v) is 13.4. The summed E-state index contributed by atoms with van der Waals surface area (Å²) in [6, 6.07) is 5.84. The maximum Gasteiger partial charge on any atom is 0.228 e. The van der Waals surface area contributed by atoms with Gasteiger partial charge in [0.25, 0.3) is 0 Å². The van der Waals surface area contributed by atoms with Crippen LogP contribution in [0.2, 0.25) is 5.02 Å². The van der Waals surface area contributed by atoms with E-state index >= 15 is 0 Å². The molecule has 1 aromatic carbocycles. The number of hydrogen-bond donors (Lipinski definition) is 2. The Kier molecular flexibility index (Phi) is 5.71. The van der Waals surface area contributed by atoms with Gasteiger partial charge in [0, 0.05) is 46.8 Å².